The summed E-state index contributed by atoms with van der Waals surface area (Å²) in [5.41, 5.74) is 1.24. The third-order valence-corrected chi connectivity index (χ3v) is 3.98. The fraction of sp³-hybridized carbons (Fsp3) is 0.105. The maximum Gasteiger partial charge on any atom is 0.322 e. The van der Waals surface area contributed by atoms with Gasteiger partial charge in [-0.25, -0.2) is 0 Å². The van der Waals surface area contributed by atoms with Crippen LogP contribution in [0.5, 0.6) is 11.5 Å². The zero-order valence-electron chi connectivity index (χ0n) is 14.9. The van der Waals surface area contributed by atoms with Gasteiger partial charge >= 0.3 is 6.01 Å². The molecule has 146 valence electrons. The van der Waals surface area contributed by atoms with Crippen LogP contribution in [0.15, 0.2) is 53.0 Å². The van der Waals surface area contributed by atoms with Crippen molar-refractivity contribution in [3.63, 3.8) is 0 Å². The van der Waals surface area contributed by atoms with E-state index in [9.17, 15) is 14.9 Å². The zero-order chi connectivity index (χ0) is 20.2. The molecule has 3 aromatic rings. The van der Waals surface area contributed by atoms with Crippen molar-refractivity contribution >= 4 is 23.7 Å². The van der Waals surface area contributed by atoms with E-state index in [-0.39, 0.29) is 17.6 Å². The summed E-state index contributed by atoms with van der Waals surface area (Å²) in [7, 11) is 0. The minimum absolute atomic E-state index is 0.0240. The first-order chi connectivity index (χ1) is 14.1. The average molecular weight is 394 g/mol. The van der Waals surface area contributed by atoms with Gasteiger partial charge in [0.1, 0.15) is 13.2 Å². The number of nitro benzene ring substituents is 1. The smallest absolute Gasteiger partial charge is 0.322 e. The standard InChI is InChI=1S/C19H14N4O6/c24-17(8-3-12-1-5-14(6-2-12)23(25)26)20-19-22-21-18(29-19)13-4-7-15-16(11-13)28-10-9-27-15/h1-8,11H,9-10H2,(H,20,22,24). The van der Waals surface area contributed by atoms with Crippen LogP contribution in [0.1, 0.15) is 5.56 Å². The van der Waals surface area contributed by atoms with E-state index in [2.05, 4.69) is 15.5 Å². The monoisotopic (exact) mass is 394 g/mol. The van der Waals surface area contributed by atoms with Gasteiger partial charge in [0.2, 0.25) is 5.89 Å². The molecule has 1 N–H and O–H groups in total. The number of carbonyl (C=O) groups excluding carboxylic acids is 1. The Balaban J connectivity index is 1.41. The number of anilines is 1. The first kappa shape index (κ1) is 18.2. The lowest BCUT2D eigenvalue weighted by Crippen LogP contribution is -2.15. The number of nitro groups is 1. The molecular weight excluding hydrogens is 380 g/mol. The molecule has 10 nitrogen and oxygen atoms in total. The second kappa shape index (κ2) is 7.80. The van der Waals surface area contributed by atoms with E-state index in [1.165, 1.54) is 36.4 Å². The molecule has 1 amide bonds. The van der Waals surface area contributed by atoms with Crippen LogP contribution < -0.4 is 14.8 Å². The normalized spacial score (nSPS) is 12.7. The lowest BCUT2D eigenvalue weighted by molar-refractivity contribution is -0.384. The van der Waals surface area contributed by atoms with Crippen molar-refractivity contribution in [1.82, 2.24) is 10.2 Å². The van der Waals surface area contributed by atoms with Gasteiger partial charge in [-0.2, -0.15) is 0 Å². The molecule has 0 fully saturated rings. The van der Waals surface area contributed by atoms with Crippen LogP contribution in [0.25, 0.3) is 17.5 Å². The number of fused-ring (bicyclic) bond motifs is 1. The largest absolute Gasteiger partial charge is 0.486 e. The molecule has 10 heteroatoms. The van der Waals surface area contributed by atoms with E-state index in [4.69, 9.17) is 13.9 Å². The third kappa shape index (κ3) is 4.21. The summed E-state index contributed by atoms with van der Waals surface area (Å²) in [6.07, 6.45) is 2.77. The third-order valence-electron chi connectivity index (χ3n) is 3.98. The summed E-state index contributed by atoms with van der Waals surface area (Å²) < 4.78 is 16.5. The van der Waals surface area contributed by atoms with Crippen LogP contribution in [0, 0.1) is 10.1 Å². The van der Waals surface area contributed by atoms with Crippen LogP contribution in [0.2, 0.25) is 0 Å². The van der Waals surface area contributed by atoms with Gasteiger partial charge in [-0.05, 0) is 42.0 Å². The fourth-order valence-electron chi connectivity index (χ4n) is 2.59. The van der Waals surface area contributed by atoms with Gasteiger partial charge in [-0.1, -0.05) is 5.10 Å². The van der Waals surface area contributed by atoms with Gasteiger partial charge in [-0.15, -0.1) is 5.10 Å². The number of nitrogens with one attached hydrogen (secondary N) is 1. The zero-order valence-corrected chi connectivity index (χ0v) is 14.9. The molecule has 0 saturated heterocycles. The van der Waals surface area contributed by atoms with Crippen molar-refractivity contribution in [2.45, 2.75) is 0 Å². The number of amides is 1. The molecule has 0 bridgehead atoms. The maximum atomic E-state index is 12.0. The number of rotatable bonds is 5. The Bertz CT molecular complexity index is 1090. The van der Waals surface area contributed by atoms with E-state index in [0.717, 1.165) is 0 Å². The minimum Gasteiger partial charge on any atom is -0.486 e. The number of hydrogen-bond acceptors (Lipinski definition) is 8. The van der Waals surface area contributed by atoms with Gasteiger partial charge in [0.05, 0.1) is 4.92 Å². The van der Waals surface area contributed by atoms with E-state index in [0.29, 0.717) is 35.8 Å². The topological polar surface area (TPSA) is 130 Å². The summed E-state index contributed by atoms with van der Waals surface area (Å²) in [4.78, 5) is 22.2. The summed E-state index contributed by atoms with van der Waals surface area (Å²) in [5, 5.41) is 20.8. The van der Waals surface area contributed by atoms with Crippen molar-refractivity contribution in [2.24, 2.45) is 0 Å². The molecular formula is C19H14N4O6. The Labute approximate surface area is 163 Å². The highest BCUT2D eigenvalue weighted by Gasteiger charge is 2.16. The number of non-ortho nitro benzene ring substituents is 1. The highest BCUT2D eigenvalue weighted by molar-refractivity contribution is 6.00. The molecule has 0 atom stereocenters. The number of nitrogens with zero attached hydrogens (tertiary/aromatic N) is 3. The molecule has 0 saturated carbocycles. The van der Waals surface area contributed by atoms with Crippen LogP contribution in [0.4, 0.5) is 11.7 Å². The van der Waals surface area contributed by atoms with E-state index in [1.54, 1.807) is 18.2 Å². The Hall–Kier alpha value is -4.21. The Kier molecular flexibility index (Phi) is 4.89. The molecule has 0 radical (unpaired) electrons. The Morgan fingerprint density at radius 1 is 1.07 bits per heavy atom. The first-order valence-corrected chi connectivity index (χ1v) is 8.55. The van der Waals surface area contributed by atoms with Gasteiger partial charge in [0, 0.05) is 23.8 Å². The van der Waals surface area contributed by atoms with Crippen LogP contribution in [0.3, 0.4) is 0 Å². The van der Waals surface area contributed by atoms with Crippen molar-refractivity contribution in [2.75, 3.05) is 18.5 Å². The molecule has 0 spiro atoms. The highest BCUT2D eigenvalue weighted by atomic mass is 16.6. The minimum atomic E-state index is -0.491. The lowest BCUT2D eigenvalue weighted by atomic mass is 10.2. The number of benzene rings is 2. The molecule has 0 unspecified atom stereocenters. The first-order valence-electron chi connectivity index (χ1n) is 8.55. The predicted molar refractivity (Wildman–Crippen MR) is 101 cm³/mol. The lowest BCUT2D eigenvalue weighted by Gasteiger charge is -2.18. The fourth-order valence-corrected chi connectivity index (χ4v) is 2.59. The summed E-state index contributed by atoms with van der Waals surface area (Å²) in [6.45, 7) is 0.958. The second-order valence-electron chi connectivity index (χ2n) is 5.94. The quantitative estimate of drug-likeness (QED) is 0.397. The van der Waals surface area contributed by atoms with Crippen LogP contribution in [-0.4, -0.2) is 34.2 Å². The molecule has 1 aliphatic heterocycles. The van der Waals surface area contributed by atoms with Crippen LogP contribution >= 0.6 is 0 Å². The molecule has 2 aromatic carbocycles. The molecule has 1 aliphatic rings. The highest BCUT2D eigenvalue weighted by Crippen LogP contribution is 2.34. The summed E-state index contributed by atoms with van der Waals surface area (Å²) in [5.74, 6) is 0.963. The van der Waals surface area contributed by atoms with E-state index < -0.39 is 10.8 Å². The predicted octanol–water partition coefficient (Wildman–Crippen LogP) is 3.07. The van der Waals surface area contributed by atoms with Crippen LogP contribution in [-0.2, 0) is 4.79 Å². The SMILES string of the molecule is O=C(C=Cc1ccc([N+](=O)[O-])cc1)Nc1nnc(-c2ccc3c(c2)OCCO3)o1. The number of aromatic nitrogens is 2. The number of ether oxygens (including phenoxy) is 2. The van der Waals surface area contributed by atoms with Gasteiger partial charge in [-0.3, -0.25) is 20.2 Å². The van der Waals surface area contributed by atoms with E-state index >= 15 is 0 Å². The second-order valence-corrected chi connectivity index (χ2v) is 5.94. The summed E-state index contributed by atoms with van der Waals surface area (Å²) >= 11 is 0. The average Bonchev–Trinajstić information content (AvgIpc) is 3.20. The van der Waals surface area contributed by atoms with Gasteiger partial charge < -0.3 is 13.9 Å². The maximum absolute atomic E-state index is 12.0. The molecule has 1 aromatic heterocycles. The number of hydrogen-bond donors (Lipinski definition) is 1. The Morgan fingerprint density at radius 3 is 2.59 bits per heavy atom. The molecule has 4 rings (SSSR count). The van der Waals surface area contributed by atoms with Gasteiger partial charge in [0.25, 0.3) is 11.6 Å². The van der Waals surface area contributed by atoms with Crippen molar-refractivity contribution in [3.05, 3.63) is 64.2 Å². The Morgan fingerprint density at radius 2 is 1.83 bits per heavy atom. The van der Waals surface area contributed by atoms with Crippen molar-refractivity contribution in [3.8, 4) is 23.0 Å². The summed E-state index contributed by atoms with van der Waals surface area (Å²) in [6, 6.07) is 10.9. The molecule has 0 aliphatic carbocycles. The van der Waals surface area contributed by atoms with Crippen molar-refractivity contribution in [1.29, 1.82) is 0 Å². The van der Waals surface area contributed by atoms with Crippen molar-refractivity contribution < 1.29 is 23.6 Å². The molecule has 2 heterocycles. The van der Waals surface area contributed by atoms with Gasteiger partial charge in [0.15, 0.2) is 11.5 Å². The van der Waals surface area contributed by atoms with E-state index in [1.807, 2.05) is 0 Å². The number of carbonyl (C=O) groups is 1. The molecule has 29 heavy (non-hydrogen) atoms.